The van der Waals surface area contributed by atoms with Crippen LogP contribution in [0.25, 0.3) is 33.4 Å². The first-order valence-electron chi connectivity index (χ1n) is 41.0. The molecule has 3 aliphatic heterocycles. The van der Waals surface area contributed by atoms with Crippen molar-refractivity contribution in [3.8, 4) is 51.6 Å². The van der Waals surface area contributed by atoms with Crippen molar-refractivity contribution in [3.63, 3.8) is 0 Å². The number of nitriles is 3. The Bertz CT molecular complexity index is 5700. The molecule has 0 atom stereocenters. The van der Waals surface area contributed by atoms with Crippen molar-refractivity contribution in [1.82, 2.24) is 19.6 Å². The van der Waals surface area contributed by atoms with Crippen molar-refractivity contribution < 1.29 is 45.8 Å². The normalized spacial score (nSPS) is 15.8. The predicted octanol–water partition coefficient (Wildman–Crippen LogP) is 24.0. The molecule has 3 N–H and O–H groups in total. The van der Waals surface area contributed by atoms with Crippen LogP contribution in [0.1, 0.15) is 114 Å². The average Bonchev–Trinajstić information content (AvgIpc) is 1.31. The van der Waals surface area contributed by atoms with Crippen LogP contribution in [0.3, 0.4) is 0 Å². The molecule has 15 rings (SSSR count). The summed E-state index contributed by atoms with van der Waals surface area (Å²) in [6, 6.07) is 77.7. The molecule has 4 fully saturated rings. The van der Waals surface area contributed by atoms with Crippen LogP contribution in [0.15, 0.2) is 243 Å². The lowest BCUT2D eigenvalue weighted by Crippen LogP contribution is -2.54. The maximum atomic E-state index is 13.7. The third-order valence-electron chi connectivity index (χ3n) is 23.6. The van der Waals surface area contributed by atoms with Crippen LogP contribution in [0, 0.1) is 45.6 Å². The number of anilines is 3. The smallest absolute Gasteiger partial charge is 0.360 e. The molecule has 0 unspecified atom stereocenters. The molecule has 26 heteroatoms. The number of likely N-dealkylation sites (N-methyl/N-ethyl adjacent to an activating group) is 1. The zero-order valence-electron chi connectivity index (χ0n) is 68.3. The van der Waals surface area contributed by atoms with E-state index in [1.165, 1.54) is 37.8 Å². The molecule has 1 aliphatic carbocycles. The number of alkyl halides is 3. The number of hydrogen-bond acceptors (Lipinski definition) is 12. The first-order valence-corrected chi connectivity index (χ1v) is 43.3. The highest BCUT2D eigenvalue weighted by atomic mass is 35.5. The minimum Gasteiger partial charge on any atom is -0.360 e. The van der Waals surface area contributed by atoms with Crippen LogP contribution in [-0.2, 0) is 59.9 Å². The standard InChI is InChI=1S/C34H28Cl2F3N3O2.C33H27Cl4N3O2.C32H34F2N4O/c35-29-17-30(36)19-31(18-29)41-32(43)22-44-33(27-10-6-25(7-11-27)26-3-1-2-24(16-26)20-40)12-14-42(15-13-33)21-23-4-8-28(9-5-23)34(37,38)39;34-27-16-28(35)18-29(17-27)39-31(41)21-42-33(11-13-40(14-12-33)20-25-5-2-6-30(36)32(25)37)26-9-7-23(8-10-26)24-4-1-3-22(15-24)19-38;1-37(22-31(39)36-29-19-27(33)18-28(34)20-29)32(13-15-38(16-14-32)30-7-2-3-8-30)26-11-9-24(10-12-26)25-6-4-5-23(17-25)21-35/h1-11,16-19H,12-15,21-22H2,(H,41,43);1-10,15-18H,11-14,20-21H2,(H,39,41);4-6,9-12,17-20,30H,2-3,7-8,13-16,22H2,1H3,(H,36,39). The number of rotatable bonds is 23. The molecule has 11 aromatic carbocycles. The predicted molar refractivity (Wildman–Crippen MR) is 485 cm³/mol. The molecule has 3 heterocycles. The molecule has 125 heavy (non-hydrogen) atoms. The fourth-order valence-electron chi connectivity index (χ4n) is 17.0. The second-order valence-corrected chi connectivity index (χ2v) is 34.3. The lowest BCUT2D eigenvalue weighted by atomic mass is 9.78. The van der Waals surface area contributed by atoms with Crippen molar-refractivity contribution in [1.29, 1.82) is 15.8 Å². The first kappa shape index (κ1) is 92.1. The van der Waals surface area contributed by atoms with Gasteiger partial charge in [-0.3, -0.25) is 29.1 Å². The van der Waals surface area contributed by atoms with E-state index in [0.29, 0.717) is 116 Å². The summed E-state index contributed by atoms with van der Waals surface area (Å²) >= 11 is 37.0. The summed E-state index contributed by atoms with van der Waals surface area (Å²) in [6.45, 7) is 5.50. The highest BCUT2D eigenvalue weighted by Crippen LogP contribution is 2.45. The number of benzene rings is 11. The summed E-state index contributed by atoms with van der Waals surface area (Å²) in [6.07, 6.45) is 4.95. The largest absolute Gasteiger partial charge is 0.416 e. The molecule has 0 spiro atoms. The van der Waals surface area contributed by atoms with E-state index < -0.39 is 34.6 Å². The quantitative estimate of drug-likeness (QED) is 0.0515. The van der Waals surface area contributed by atoms with Crippen molar-refractivity contribution in [2.45, 2.75) is 106 Å². The van der Waals surface area contributed by atoms with Crippen LogP contribution in [0.5, 0.6) is 0 Å². The van der Waals surface area contributed by atoms with Crippen LogP contribution in [-0.4, -0.2) is 109 Å². The minimum atomic E-state index is -4.38. The van der Waals surface area contributed by atoms with Gasteiger partial charge < -0.3 is 30.3 Å². The van der Waals surface area contributed by atoms with Gasteiger partial charge in [0, 0.05) is 107 Å². The number of piperidine rings is 3. The van der Waals surface area contributed by atoms with E-state index in [-0.39, 0.29) is 48.7 Å². The van der Waals surface area contributed by atoms with Gasteiger partial charge in [0.1, 0.15) is 24.8 Å². The Labute approximate surface area is 754 Å². The van der Waals surface area contributed by atoms with Gasteiger partial charge in [0.25, 0.3) is 0 Å². The van der Waals surface area contributed by atoms with Gasteiger partial charge in [-0.2, -0.15) is 29.0 Å². The SMILES string of the molecule is CN(CC(=O)Nc1cc(F)cc(F)c1)C1(c2ccc(-c3cccc(C#N)c3)cc2)CCN(C2CCCC2)CC1.N#Cc1cccc(-c2ccc(C3(OCC(=O)Nc4cc(Cl)cc(Cl)c4)CCN(Cc4ccc(C(F)(F)F)cc4)CC3)cc2)c1.N#Cc1cccc(-c2ccc(C3(OCC(=O)Nc4cc(Cl)cc(Cl)c4)CCN(Cc4cccc(Cl)c4Cl)CC3)cc2)c1. The van der Waals surface area contributed by atoms with Gasteiger partial charge in [-0.05, 0) is 223 Å². The summed E-state index contributed by atoms with van der Waals surface area (Å²) in [4.78, 5) is 48.0. The number of carbonyl (C=O) groups is 3. The Morgan fingerprint density at radius 1 is 0.448 bits per heavy atom. The Balaban J connectivity index is 0.000000161. The molecule has 11 aromatic rings. The highest BCUT2D eigenvalue weighted by Gasteiger charge is 2.44. The Kier molecular flexibility index (Phi) is 31.1. The van der Waals surface area contributed by atoms with Gasteiger partial charge in [-0.25, -0.2) is 8.78 Å². The van der Waals surface area contributed by atoms with Gasteiger partial charge >= 0.3 is 6.18 Å². The molecule has 3 amide bonds. The number of ether oxygens (including phenoxy) is 2. The number of amides is 3. The van der Waals surface area contributed by atoms with E-state index >= 15 is 0 Å². The van der Waals surface area contributed by atoms with Gasteiger partial charge in [0.05, 0.1) is 68.3 Å². The third-order valence-corrected chi connectivity index (χ3v) is 25.4. The Hall–Kier alpha value is -10.6. The molecular formula is C99H89Cl6F5N10O5. The summed E-state index contributed by atoms with van der Waals surface area (Å²) in [5.74, 6) is -2.43. The molecule has 0 aromatic heterocycles. The topological polar surface area (TPSA) is 190 Å². The summed E-state index contributed by atoms with van der Waals surface area (Å²) in [5.41, 5.74) is 11.0. The van der Waals surface area contributed by atoms with Gasteiger partial charge in [0.2, 0.25) is 17.7 Å². The molecule has 0 bridgehead atoms. The number of likely N-dealkylation sites (tertiary alicyclic amines) is 3. The molecule has 3 saturated heterocycles. The number of nitrogens with one attached hydrogen (secondary N) is 3. The van der Waals surface area contributed by atoms with Crippen molar-refractivity contribution in [3.05, 3.63) is 334 Å². The first-order chi connectivity index (χ1) is 60.1. The minimum absolute atomic E-state index is 0.0908. The van der Waals surface area contributed by atoms with Crippen LogP contribution >= 0.6 is 69.6 Å². The van der Waals surface area contributed by atoms with Crippen LogP contribution < -0.4 is 16.0 Å². The van der Waals surface area contributed by atoms with E-state index in [0.717, 1.165) is 131 Å². The number of hydrogen-bond donors (Lipinski definition) is 3. The fourth-order valence-corrected chi connectivity index (χ4v) is 18.5. The molecule has 642 valence electrons. The zero-order chi connectivity index (χ0) is 88.4. The Morgan fingerprint density at radius 2 is 0.840 bits per heavy atom. The second-order valence-electron chi connectivity index (χ2n) is 31.8. The summed E-state index contributed by atoms with van der Waals surface area (Å²) < 4.78 is 79.2. The van der Waals surface area contributed by atoms with E-state index in [2.05, 4.69) is 78.0 Å². The third kappa shape index (κ3) is 24.4. The average molecular weight is 1810 g/mol. The highest BCUT2D eigenvalue weighted by molar-refractivity contribution is 6.42. The molecule has 1 saturated carbocycles. The van der Waals surface area contributed by atoms with Gasteiger partial charge in [-0.1, -0.05) is 216 Å². The van der Waals surface area contributed by atoms with E-state index in [4.69, 9.17) is 79.1 Å². The summed E-state index contributed by atoms with van der Waals surface area (Å²) in [7, 11) is 1.96. The number of carbonyl (C=O) groups excluding carboxylic acids is 3. The number of nitrogens with zero attached hydrogens (tertiary/aromatic N) is 7. The van der Waals surface area contributed by atoms with Crippen LogP contribution in [0.2, 0.25) is 30.1 Å². The van der Waals surface area contributed by atoms with Crippen molar-refractivity contribution in [2.75, 3.05) is 82.0 Å². The maximum Gasteiger partial charge on any atom is 0.416 e. The lowest BCUT2D eigenvalue weighted by Gasteiger charge is -2.49. The fraction of sp³-hybridized carbons (Fsp3) is 0.273. The van der Waals surface area contributed by atoms with Gasteiger partial charge in [0.15, 0.2) is 0 Å². The van der Waals surface area contributed by atoms with Crippen LogP contribution in [0.4, 0.5) is 39.0 Å². The van der Waals surface area contributed by atoms with E-state index in [1.54, 1.807) is 60.7 Å². The molecule has 0 radical (unpaired) electrons. The zero-order valence-corrected chi connectivity index (χ0v) is 72.9. The van der Waals surface area contributed by atoms with E-state index in [9.17, 15) is 52.1 Å². The summed E-state index contributed by atoms with van der Waals surface area (Å²) in [5, 5.41) is 38.9. The lowest BCUT2D eigenvalue weighted by molar-refractivity contribution is -0.137. The van der Waals surface area contributed by atoms with Crippen molar-refractivity contribution >= 4 is 104 Å². The van der Waals surface area contributed by atoms with Gasteiger partial charge in [-0.15, -0.1) is 0 Å². The molecular weight excluding hydrogens is 1720 g/mol. The van der Waals surface area contributed by atoms with Crippen molar-refractivity contribution in [2.24, 2.45) is 0 Å². The number of halogens is 11. The molecule has 15 nitrogen and oxygen atoms in total. The maximum absolute atomic E-state index is 13.7. The monoisotopic (exact) mass is 1800 g/mol. The van der Waals surface area contributed by atoms with E-state index in [1.807, 2.05) is 122 Å². The second kappa shape index (κ2) is 42.2. The Morgan fingerprint density at radius 3 is 1.26 bits per heavy atom. The molecule has 4 aliphatic rings.